The van der Waals surface area contributed by atoms with Crippen molar-refractivity contribution >= 4 is 27.5 Å². The van der Waals surface area contributed by atoms with Crippen molar-refractivity contribution < 1.29 is 18.0 Å². The van der Waals surface area contributed by atoms with Gasteiger partial charge in [0.15, 0.2) is 0 Å². The summed E-state index contributed by atoms with van der Waals surface area (Å²) in [6.07, 6.45) is 2.09. The predicted molar refractivity (Wildman–Crippen MR) is 101 cm³/mol. The Hall–Kier alpha value is -1.97. The van der Waals surface area contributed by atoms with E-state index in [4.69, 9.17) is 10.9 Å². The monoisotopic (exact) mass is 394 g/mol. The maximum absolute atomic E-state index is 13.0. The zero-order valence-corrected chi connectivity index (χ0v) is 16.2. The van der Waals surface area contributed by atoms with E-state index in [0.717, 1.165) is 12.8 Å². The zero-order chi connectivity index (χ0) is 19.8. The van der Waals surface area contributed by atoms with Crippen LogP contribution in [0.25, 0.3) is 0 Å². The maximum Gasteiger partial charge on any atom is 0.238 e. The molecule has 1 aromatic rings. The maximum atomic E-state index is 13.0. The number of amides is 2. The Morgan fingerprint density at radius 2 is 2.07 bits per heavy atom. The zero-order valence-electron chi connectivity index (χ0n) is 15.4. The summed E-state index contributed by atoms with van der Waals surface area (Å²) in [7, 11) is -3.86. The first kappa shape index (κ1) is 19.8. The summed E-state index contributed by atoms with van der Waals surface area (Å²) in [4.78, 5) is 28.8. The lowest BCUT2D eigenvalue weighted by Crippen LogP contribution is -2.53. The lowest BCUT2D eigenvalue weighted by Gasteiger charge is -2.40. The second kappa shape index (κ2) is 7.57. The van der Waals surface area contributed by atoms with Gasteiger partial charge in [0.1, 0.15) is 0 Å². The highest BCUT2D eigenvalue weighted by Gasteiger charge is 2.40. The largest absolute Gasteiger partial charge is 0.338 e. The average molecular weight is 394 g/mol. The molecule has 0 radical (unpaired) electrons. The number of hydrogen-bond donors (Lipinski definition) is 2. The standard InChI is InChI=1S/C18H26N4O4S/c1-12-4-3-7-21(16(12)10-19)18(24)13-8-17(23)22(11-13)14-5-2-6-15(9-14)27(20,25)26/h2,5-6,9,12-13,16H,3-4,7-8,10-11,19H2,1H3,(H2,20,25,26)/t12-,13-,16+/m1/s1. The van der Waals surface area contributed by atoms with Crippen molar-refractivity contribution in [1.82, 2.24) is 4.90 Å². The molecule has 2 aliphatic heterocycles. The van der Waals surface area contributed by atoms with Crippen molar-refractivity contribution in [2.24, 2.45) is 22.7 Å². The number of nitrogens with zero attached hydrogens (tertiary/aromatic N) is 2. The second-order valence-corrected chi connectivity index (χ2v) is 8.96. The molecule has 2 saturated heterocycles. The molecule has 2 fully saturated rings. The van der Waals surface area contributed by atoms with Crippen LogP contribution in [0.5, 0.6) is 0 Å². The molecule has 148 valence electrons. The molecule has 2 heterocycles. The van der Waals surface area contributed by atoms with E-state index in [1.807, 2.05) is 4.90 Å². The Labute approximate surface area is 159 Å². The molecule has 2 amide bonds. The van der Waals surface area contributed by atoms with Crippen LogP contribution in [0.3, 0.4) is 0 Å². The van der Waals surface area contributed by atoms with Crippen LogP contribution in [0.4, 0.5) is 5.69 Å². The molecule has 0 spiro atoms. The normalized spacial score (nSPS) is 26.5. The van der Waals surface area contributed by atoms with E-state index in [-0.39, 0.29) is 35.7 Å². The van der Waals surface area contributed by atoms with Gasteiger partial charge in [-0.3, -0.25) is 9.59 Å². The number of carbonyl (C=O) groups is 2. The highest BCUT2D eigenvalue weighted by molar-refractivity contribution is 7.89. The van der Waals surface area contributed by atoms with Gasteiger partial charge in [-0.15, -0.1) is 0 Å². The Balaban J connectivity index is 1.78. The van der Waals surface area contributed by atoms with E-state index < -0.39 is 15.9 Å². The quantitative estimate of drug-likeness (QED) is 0.758. The van der Waals surface area contributed by atoms with Gasteiger partial charge >= 0.3 is 0 Å². The van der Waals surface area contributed by atoms with Crippen LogP contribution >= 0.6 is 0 Å². The van der Waals surface area contributed by atoms with E-state index in [2.05, 4.69) is 6.92 Å². The second-order valence-electron chi connectivity index (χ2n) is 7.40. The third kappa shape index (κ3) is 3.99. The Kier molecular flexibility index (Phi) is 5.55. The topological polar surface area (TPSA) is 127 Å². The van der Waals surface area contributed by atoms with Gasteiger partial charge < -0.3 is 15.5 Å². The van der Waals surface area contributed by atoms with Gasteiger partial charge in [-0.1, -0.05) is 13.0 Å². The van der Waals surface area contributed by atoms with Crippen molar-refractivity contribution in [3.05, 3.63) is 24.3 Å². The number of carbonyl (C=O) groups excluding carboxylic acids is 2. The Morgan fingerprint density at radius 1 is 1.33 bits per heavy atom. The van der Waals surface area contributed by atoms with Crippen molar-refractivity contribution in [2.75, 3.05) is 24.5 Å². The smallest absolute Gasteiger partial charge is 0.238 e. The van der Waals surface area contributed by atoms with Crippen molar-refractivity contribution in [3.63, 3.8) is 0 Å². The molecule has 1 aromatic carbocycles. The fourth-order valence-electron chi connectivity index (χ4n) is 4.07. The SMILES string of the molecule is C[C@@H]1CCCN(C(=O)[C@@H]2CC(=O)N(c3cccc(S(N)(=O)=O)c3)C2)[C@H]1CN. The van der Waals surface area contributed by atoms with E-state index in [1.54, 1.807) is 6.07 Å². The first-order chi connectivity index (χ1) is 12.7. The fourth-order valence-corrected chi connectivity index (χ4v) is 4.62. The van der Waals surface area contributed by atoms with Gasteiger partial charge in [0.05, 0.1) is 10.8 Å². The number of piperidine rings is 1. The molecule has 0 unspecified atom stereocenters. The summed E-state index contributed by atoms with van der Waals surface area (Å²) in [5.74, 6) is -0.355. The van der Waals surface area contributed by atoms with Crippen LogP contribution in [0.15, 0.2) is 29.2 Å². The molecule has 0 bridgehead atoms. The summed E-state index contributed by atoms with van der Waals surface area (Å²) >= 11 is 0. The molecule has 9 heteroatoms. The van der Waals surface area contributed by atoms with E-state index in [9.17, 15) is 18.0 Å². The van der Waals surface area contributed by atoms with Crippen LogP contribution in [0.1, 0.15) is 26.2 Å². The van der Waals surface area contributed by atoms with Crippen molar-refractivity contribution in [1.29, 1.82) is 0 Å². The van der Waals surface area contributed by atoms with Crippen LogP contribution in [0, 0.1) is 11.8 Å². The van der Waals surface area contributed by atoms with Gasteiger partial charge in [-0.05, 0) is 37.0 Å². The van der Waals surface area contributed by atoms with Gasteiger partial charge in [-0.2, -0.15) is 0 Å². The summed E-state index contributed by atoms with van der Waals surface area (Å²) in [5.41, 5.74) is 6.32. The lowest BCUT2D eigenvalue weighted by molar-refractivity contribution is -0.140. The highest BCUT2D eigenvalue weighted by atomic mass is 32.2. The summed E-state index contributed by atoms with van der Waals surface area (Å²) in [6, 6.07) is 5.93. The third-order valence-electron chi connectivity index (χ3n) is 5.57. The molecule has 0 aromatic heterocycles. The number of rotatable bonds is 4. The number of likely N-dealkylation sites (tertiary alicyclic amines) is 1. The fraction of sp³-hybridized carbons (Fsp3) is 0.556. The number of hydrogen-bond acceptors (Lipinski definition) is 5. The predicted octanol–water partition coefficient (Wildman–Crippen LogP) is 0.273. The molecular formula is C18H26N4O4S. The van der Waals surface area contributed by atoms with E-state index in [0.29, 0.717) is 24.7 Å². The van der Waals surface area contributed by atoms with Gasteiger partial charge in [0.2, 0.25) is 21.8 Å². The Bertz CT molecular complexity index is 842. The van der Waals surface area contributed by atoms with Gasteiger partial charge in [0.25, 0.3) is 0 Å². The minimum Gasteiger partial charge on any atom is -0.338 e. The van der Waals surface area contributed by atoms with Gasteiger partial charge in [0, 0.05) is 37.8 Å². The van der Waals surface area contributed by atoms with E-state index in [1.165, 1.54) is 23.1 Å². The molecule has 2 aliphatic rings. The van der Waals surface area contributed by atoms with Crippen LogP contribution in [-0.4, -0.2) is 50.8 Å². The minimum absolute atomic E-state index is 0.00103. The van der Waals surface area contributed by atoms with Crippen LogP contribution in [-0.2, 0) is 19.6 Å². The number of nitrogens with two attached hydrogens (primary N) is 2. The summed E-state index contributed by atoms with van der Waals surface area (Å²) in [5, 5.41) is 5.17. The number of sulfonamides is 1. The lowest BCUT2D eigenvalue weighted by atomic mass is 9.89. The van der Waals surface area contributed by atoms with Crippen molar-refractivity contribution in [2.45, 2.75) is 37.1 Å². The molecule has 8 nitrogen and oxygen atoms in total. The molecular weight excluding hydrogens is 368 g/mol. The first-order valence-electron chi connectivity index (χ1n) is 9.16. The average Bonchev–Trinajstić information content (AvgIpc) is 3.02. The van der Waals surface area contributed by atoms with Crippen LogP contribution in [0.2, 0.25) is 0 Å². The third-order valence-corrected chi connectivity index (χ3v) is 6.48. The molecule has 4 N–H and O–H groups in total. The van der Waals surface area contributed by atoms with E-state index >= 15 is 0 Å². The van der Waals surface area contributed by atoms with Crippen molar-refractivity contribution in [3.8, 4) is 0 Å². The first-order valence-corrected chi connectivity index (χ1v) is 10.7. The highest BCUT2D eigenvalue weighted by Crippen LogP contribution is 2.30. The molecule has 3 rings (SSSR count). The number of primary sulfonamides is 1. The molecule has 3 atom stereocenters. The molecule has 0 aliphatic carbocycles. The number of anilines is 1. The summed E-state index contributed by atoms with van der Waals surface area (Å²) < 4.78 is 23.1. The minimum atomic E-state index is -3.86. The molecule has 0 saturated carbocycles. The molecule has 27 heavy (non-hydrogen) atoms. The number of benzene rings is 1. The van der Waals surface area contributed by atoms with Crippen LogP contribution < -0.4 is 15.8 Å². The van der Waals surface area contributed by atoms with Gasteiger partial charge in [-0.25, -0.2) is 13.6 Å². The Morgan fingerprint density at radius 3 is 2.74 bits per heavy atom. The summed E-state index contributed by atoms with van der Waals surface area (Å²) in [6.45, 7) is 3.40.